The first kappa shape index (κ1) is 24.6. The zero-order valence-corrected chi connectivity index (χ0v) is 20.9. The first-order valence-electron chi connectivity index (χ1n) is 12.5. The van der Waals surface area contributed by atoms with Gasteiger partial charge in [0, 0.05) is 19.6 Å². The van der Waals surface area contributed by atoms with Crippen molar-refractivity contribution in [3.63, 3.8) is 0 Å². The minimum Gasteiger partial charge on any atom is -0.494 e. The summed E-state index contributed by atoms with van der Waals surface area (Å²) < 4.78 is 20.9. The minimum absolute atomic E-state index is 0.0989. The fourth-order valence-corrected chi connectivity index (χ4v) is 4.81. The number of carbonyl (C=O) groups is 1. The van der Waals surface area contributed by atoms with Crippen LogP contribution in [-0.2, 0) is 11.2 Å². The Kier molecular flexibility index (Phi) is 7.01. The van der Waals surface area contributed by atoms with Crippen molar-refractivity contribution in [3.05, 3.63) is 99.9 Å². The van der Waals surface area contributed by atoms with Gasteiger partial charge in [-0.3, -0.25) is 14.2 Å². The Hall–Kier alpha value is -4.04. The highest BCUT2D eigenvalue weighted by molar-refractivity contribution is 5.80. The molecule has 5 rings (SSSR count). The molecule has 1 aromatic heterocycles. The average Bonchev–Trinajstić information content (AvgIpc) is 2.91. The van der Waals surface area contributed by atoms with Gasteiger partial charge < -0.3 is 15.0 Å². The maximum absolute atomic E-state index is 13.8. The molecular weight excluding hydrogens is 471 g/mol. The van der Waals surface area contributed by atoms with E-state index in [0.29, 0.717) is 60.0 Å². The van der Waals surface area contributed by atoms with Crippen LogP contribution in [0.2, 0.25) is 0 Å². The standard InChI is InChI=1S/C29H29FN4O3/c1-3-37-22-11-9-21(10-12-22)34-28(32-25-7-5-4-6-23(25)29(34)36)26-18-31-14-15-33(26)27(35)17-20-8-13-24(30)19(2)16-20/h4-13,16,26,31H,3,14-15,17-18H2,1-2H3. The van der Waals surface area contributed by atoms with E-state index in [1.54, 1.807) is 34.6 Å². The van der Waals surface area contributed by atoms with Crippen molar-refractivity contribution in [3.8, 4) is 11.4 Å². The zero-order chi connectivity index (χ0) is 25.9. The van der Waals surface area contributed by atoms with E-state index in [1.807, 2.05) is 49.4 Å². The van der Waals surface area contributed by atoms with Crippen molar-refractivity contribution in [2.24, 2.45) is 0 Å². The van der Waals surface area contributed by atoms with Gasteiger partial charge in [0.15, 0.2) is 0 Å². The summed E-state index contributed by atoms with van der Waals surface area (Å²) in [5.41, 5.74) is 2.28. The van der Waals surface area contributed by atoms with Gasteiger partial charge in [-0.05, 0) is 67.4 Å². The first-order valence-corrected chi connectivity index (χ1v) is 12.5. The molecular formula is C29H29FN4O3. The van der Waals surface area contributed by atoms with Gasteiger partial charge in [0.25, 0.3) is 5.56 Å². The molecule has 1 amide bonds. The number of piperazine rings is 1. The number of amides is 1. The second-order valence-corrected chi connectivity index (χ2v) is 9.12. The molecule has 1 aliphatic heterocycles. The highest BCUT2D eigenvalue weighted by Crippen LogP contribution is 2.26. The number of fused-ring (bicyclic) bond motifs is 1. The third-order valence-electron chi connectivity index (χ3n) is 6.65. The van der Waals surface area contributed by atoms with Gasteiger partial charge in [-0.2, -0.15) is 0 Å². The summed E-state index contributed by atoms with van der Waals surface area (Å²) in [5.74, 6) is 0.804. The molecule has 2 heterocycles. The molecule has 4 aromatic rings. The number of aromatic nitrogens is 2. The molecule has 1 unspecified atom stereocenters. The van der Waals surface area contributed by atoms with Crippen LogP contribution in [0.15, 0.2) is 71.5 Å². The lowest BCUT2D eigenvalue weighted by Gasteiger charge is -2.37. The Bertz CT molecular complexity index is 1500. The predicted octanol–water partition coefficient (Wildman–Crippen LogP) is 3.95. The van der Waals surface area contributed by atoms with Crippen molar-refractivity contribution in [2.75, 3.05) is 26.2 Å². The number of hydrogen-bond acceptors (Lipinski definition) is 5. The molecule has 0 bridgehead atoms. The van der Waals surface area contributed by atoms with E-state index >= 15 is 0 Å². The molecule has 37 heavy (non-hydrogen) atoms. The molecule has 1 fully saturated rings. The van der Waals surface area contributed by atoms with Gasteiger partial charge in [-0.25, -0.2) is 9.37 Å². The van der Waals surface area contributed by atoms with E-state index in [4.69, 9.17) is 9.72 Å². The van der Waals surface area contributed by atoms with Crippen LogP contribution in [0.3, 0.4) is 0 Å². The Morgan fingerprint density at radius 2 is 1.92 bits per heavy atom. The number of benzene rings is 3. The number of ether oxygens (including phenoxy) is 1. The van der Waals surface area contributed by atoms with Crippen molar-refractivity contribution in [1.29, 1.82) is 0 Å². The van der Waals surface area contributed by atoms with Crippen molar-refractivity contribution in [2.45, 2.75) is 26.3 Å². The quantitative estimate of drug-likeness (QED) is 0.434. The van der Waals surface area contributed by atoms with Crippen molar-refractivity contribution < 1.29 is 13.9 Å². The van der Waals surface area contributed by atoms with Crippen LogP contribution >= 0.6 is 0 Å². The number of aryl methyl sites for hydroxylation is 1. The molecule has 1 aliphatic rings. The SMILES string of the molecule is CCOc1ccc(-n2c(C3CNCCN3C(=O)Cc3ccc(F)c(C)c3)nc3ccccc3c2=O)cc1. The lowest BCUT2D eigenvalue weighted by molar-refractivity contribution is -0.134. The monoisotopic (exact) mass is 500 g/mol. The average molecular weight is 501 g/mol. The summed E-state index contributed by atoms with van der Waals surface area (Å²) in [6, 6.07) is 18.8. The maximum atomic E-state index is 13.8. The number of nitrogens with zero attached hydrogens (tertiary/aromatic N) is 3. The number of rotatable bonds is 6. The largest absolute Gasteiger partial charge is 0.494 e. The number of nitrogens with one attached hydrogen (secondary N) is 1. The molecule has 0 saturated carbocycles. The molecule has 3 aromatic carbocycles. The first-order chi connectivity index (χ1) is 18.0. The highest BCUT2D eigenvalue weighted by atomic mass is 19.1. The predicted molar refractivity (Wildman–Crippen MR) is 141 cm³/mol. The number of carbonyl (C=O) groups excluding carboxylic acids is 1. The van der Waals surface area contributed by atoms with Gasteiger partial charge in [0.1, 0.15) is 23.4 Å². The third kappa shape index (κ3) is 4.97. The smallest absolute Gasteiger partial charge is 0.266 e. The highest BCUT2D eigenvalue weighted by Gasteiger charge is 2.32. The Balaban J connectivity index is 1.59. The summed E-state index contributed by atoms with van der Waals surface area (Å²) >= 11 is 0. The Morgan fingerprint density at radius 1 is 1.14 bits per heavy atom. The number of hydrogen-bond donors (Lipinski definition) is 1. The van der Waals surface area contributed by atoms with Crippen LogP contribution < -0.4 is 15.6 Å². The van der Waals surface area contributed by atoms with Crippen LogP contribution in [0, 0.1) is 12.7 Å². The second-order valence-electron chi connectivity index (χ2n) is 9.12. The van der Waals surface area contributed by atoms with E-state index < -0.39 is 6.04 Å². The fourth-order valence-electron chi connectivity index (χ4n) is 4.81. The topological polar surface area (TPSA) is 76.5 Å². The third-order valence-corrected chi connectivity index (χ3v) is 6.65. The summed E-state index contributed by atoms with van der Waals surface area (Å²) in [6.45, 7) is 5.70. The Labute approximate surface area is 214 Å². The van der Waals surface area contributed by atoms with Crippen molar-refractivity contribution >= 4 is 16.8 Å². The zero-order valence-electron chi connectivity index (χ0n) is 20.9. The lowest BCUT2D eigenvalue weighted by atomic mass is 10.1. The van der Waals surface area contributed by atoms with Gasteiger partial charge in [0.05, 0.1) is 29.6 Å². The molecule has 0 radical (unpaired) electrons. The van der Waals surface area contributed by atoms with E-state index in [2.05, 4.69) is 5.32 Å². The van der Waals surface area contributed by atoms with E-state index in [-0.39, 0.29) is 23.7 Å². The van der Waals surface area contributed by atoms with E-state index in [0.717, 1.165) is 5.56 Å². The van der Waals surface area contributed by atoms with Crippen LogP contribution in [-0.4, -0.2) is 46.6 Å². The van der Waals surface area contributed by atoms with Crippen LogP contribution in [0.4, 0.5) is 4.39 Å². The molecule has 1 atom stereocenters. The minimum atomic E-state index is -0.466. The molecule has 8 heteroatoms. The molecule has 7 nitrogen and oxygen atoms in total. The van der Waals surface area contributed by atoms with Crippen molar-refractivity contribution in [1.82, 2.24) is 19.8 Å². The van der Waals surface area contributed by atoms with Crippen LogP contribution in [0.5, 0.6) is 5.75 Å². The molecule has 1 saturated heterocycles. The van der Waals surface area contributed by atoms with Gasteiger partial charge in [-0.1, -0.05) is 24.3 Å². The second kappa shape index (κ2) is 10.5. The lowest BCUT2D eigenvalue weighted by Crippen LogP contribution is -2.50. The number of halogens is 1. The maximum Gasteiger partial charge on any atom is 0.266 e. The summed E-state index contributed by atoms with van der Waals surface area (Å²) in [6.07, 6.45) is 0.137. The fraction of sp³-hybridized carbons (Fsp3) is 0.276. The van der Waals surface area contributed by atoms with Gasteiger partial charge in [-0.15, -0.1) is 0 Å². The number of para-hydroxylation sites is 1. The van der Waals surface area contributed by atoms with Crippen LogP contribution in [0.25, 0.3) is 16.6 Å². The molecule has 0 aliphatic carbocycles. The van der Waals surface area contributed by atoms with E-state index in [9.17, 15) is 14.0 Å². The molecule has 0 spiro atoms. The summed E-state index contributed by atoms with van der Waals surface area (Å²) in [4.78, 5) is 34.0. The van der Waals surface area contributed by atoms with Gasteiger partial charge >= 0.3 is 0 Å². The summed E-state index contributed by atoms with van der Waals surface area (Å²) in [5, 5.41) is 3.86. The van der Waals surface area contributed by atoms with Crippen LogP contribution in [0.1, 0.15) is 29.9 Å². The van der Waals surface area contributed by atoms with E-state index in [1.165, 1.54) is 6.07 Å². The summed E-state index contributed by atoms with van der Waals surface area (Å²) in [7, 11) is 0. The van der Waals surface area contributed by atoms with Gasteiger partial charge in [0.2, 0.25) is 5.91 Å². The molecule has 190 valence electrons. The Morgan fingerprint density at radius 3 is 2.68 bits per heavy atom. The molecule has 1 N–H and O–H groups in total. The normalized spacial score (nSPS) is 15.6.